The molecule has 1 aliphatic heterocycles. The Morgan fingerprint density at radius 1 is 1.32 bits per heavy atom. The monoisotopic (exact) mass is 324 g/mol. The highest BCUT2D eigenvalue weighted by Crippen LogP contribution is 2.51. The molecule has 0 aromatic heterocycles. The summed E-state index contributed by atoms with van der Waals surface area (Å²) in [5, 5.41) is 0. The first-order valence-electron chi connectivity index (χ1n) is 6.94. The van der Waals surface area contributed by atoms with Crippen LogP contribution >= 0.6 is 0 Å². The number of hydrogen-bond acceptors (Lipinski definition) is 2. The van der Waals surface area contributed by atoms with Crippen LogP contribution in [0.4, 0.5) is 22.0 Å². The first-order chi connectivity index (χ1) is 10.1. The topological polar surface area (TPSA) is 18.5 Å². The van der Waals surface area contributed by atoms with E-state index >= 15 is 0 Å². The zero-order chi connectivity index (χ0) is 16.7. The van der Waals surface area contributed by atoms with E-state index < -0.39 is 35.2 Å². The van der Waals surface area contributed by atoms with Gasteiger partial charge in [-0.15, -0.1) is 0 Å². The van der Waals surface area contributed by atoms with E-state index in [9.17, 15) is 22.0 Å². The van der Waals surface area contributed by atoms with Crippen molar-refractivity contribution in [1.82, 2.24) is 0 Å². The summed E-state index contributed by atoms with van der Waals surface area (Å²) in [5.74, 6) is -4.32. The van der Waals surface area contributed by atoms with Crippen LogP contribution in [0.15, 0.2) is 12.1 Å². The summed E-state index contributed by atoms with van der Waals surface area (Å²) in [6, 6.07) is 2.15. The summed E-state index contributed by atoms with van der Waals surface area (Å²) in [7, 11) is 0. The van der Waals surface area contributed by atoms with Crippen molar-refractivity contribution in [3.63, 3.8) is 0 Å². The third-order valence-electron chi connectivity index (χ3n) is 4.37. The molecule has 3 unspecified atom stereocenters. The summed E-state index contributed by atoms with van der Waals surface area (Å²) >= 11 is 0. The van der Waals surface area contributed by atoms with Crippen molar-refractivity contribution in [1.29, 1.82) is 0 Å². The van der Waals surface area contributed by atoms with Crippen LogP contribution in [0.3, 0.4) is 0 Å². The van der Waals surface area contributed by atoms with Gasteiger partial charge in [0.2, 0.25) is 5.82 Å². The van der Waals surface area contributed by atoms with Crippen LogP contribution in [0.25, 0.3) is 0 Å². The van der Waals surface area contributed by atoms with Crippen LogP contribution in [0, 0.1) is 17.6 Å². The van der Waals surface area contributed by atoms with Crippen LogP contribution in [0.2, 0.25) is 0 Å². The van der Waals surface area contributed by atoms with Gasteiger partial charge in [-0.2, -0.15) is 17.6 Å². The van der Waals surface area contributed by atoms with Crippen molar-refractivity contribution in [2.45, 2.75) is 38.5 Å². The van der Waals surface area contributed by atoms with Gasteiger partial charge in [0.25, 0.3) is 0 Å². The summed E-state index contributed by atoms with van der Waals surface area (Å²) in [6.07, 6.45) is -4.55. The Kier molecular flexibility index (Phi) is 4.39. The fourth-order valence-electron chi connectivity index (χ4n) is 2.75. The third kappa shape index (κ3) is 2.55. The molecular formula is C15H17F5O2. The van der Waals surface area contributed by atoms with Gasteiger partial charge in [0.15, 0.2) is 17.2 Å². The molecule has 22 heavy (non-hydrogen) atoms. The van der Waals surface area contributed by atoms with Crippen LogP contribution < -0.4 is 4.74 Å². The summed E-state index contributed by atoms with van der Waals surface area (Å²) in [4.78, 5) is 0. The van der Waals surface area contributed by atoms with E-state index in [1.807, 2.05) is 0 Å². The lowest BCUT2D eigenvalue weighted by molar-refractivity contribution is -0.266. The van der Waals surface area contributed by atoms with E-state index in [0.29, 0.717) is 0 Å². The van der Waals surface area contributed by atoms with Gasteiger partial charge in [0.1, 0.15) is 0 Å². The predicted molar refractivity (Wildman–Crippen MR) is 69.8 cm³/mol. The highest BCUT2D eigenvalue weighted by Gasteiger charge is 2.61. The van der Waals surface area contributed by atoms with E-state index in [1.165, 1.54) is 13.0 Å². The minimum Gasteiger partial charge on any atom is -0.490 e. The number of ether oxygens (including phenoxy) is 2. The van der Waals surface area contributed by atoms with Crippen molar-refractivity contribution in [3.05, 3.63) is 29.3 Å². The highest BCUT2D eigenvalue weighted by atomic mass is 19.4. The van der Waals surface area contributed by atoms with E-state index in [4.69, 9.17) is 9.47 Å². The standard InChI is InChI=1S/C15H17F5O2/c1-4-21-13-9(5-6-11(16)12(13)17)10-7-22-14(3,8(10)2)15(18,19)20/h5-6,8,10H,4,7H2,1-3H3. The van der Waals surface area contributed by atoms with E-state index in [2.05, 4.69) is 0 Å². The molecular weight excluding hydrogens is 307 g/mol. The lowest BCUT2D eigenvalue weighted by Gasteiger charge is -2.32. The first kappa shape index (κ1) is 17.0. The Morgan fingerprint density at radius 2 is 1.95 bits per heavy atom. The predicted octanol–water partition coefficient (Wildman–Crippen LogP) is 4.43. The van der Waals surface area contributed by atoms with Crippen molar-refractivity contribution in [2.75, 3.05) is 13.2 Å². The normalized spacial score (nSPS) is 28.9. The summed E-state index contributed by atoms with van der Waals surface area (Å²) in [5.41, 5.74) is -2.13. The Balaban J connectivity index is 2.44. The van der Waals surface area contributed by atoms with Gasteiger partial charge in [-0.05, 0) is 19.9 Å². The maximum atomic E-state index is 13.9. The van der Waals surface area contributed by atoms with Gasteiger partial charge in [0, 0.05) is 17.4 Å². The Hall–Kier alpha value is -1.37. The molecule has 1 aromatic rings. The molecule has 0 aliphatic carbocycles. The molecule has 0 spiro atoms. The van der Waals surface area contributed by atoms with Crippen LogP contribution in [-0.2, 0) is 4.74 Å². The molecule has 1 heterocycles. The molecule has 0 radical (unpaired) electrons. The smallest absolute Gasteiger partial charge is 0.417 e. The Bertz CT molecular complexity index is 558. The minimum atomic E-state index is -4.55. The second-order valence-electron chi connectivity index (χ2n) is 5.52. The fraction of sp³-hybridized carbons (Fsp3) is 0.600. The molecule has 2 rings (SSSR count). The molecule has 2 nitrogen and oxygen atoms in total. The molecule has 7 heteroatoms. The molecule has 1 aliphatic rings. The lowest BCUT2D eigenvalue weighted by atomic mass is 9.79. The van der Waals surface area contributed by atoms with E-state index in [0.717, 1.165) is 13.0 Å². The van der Waals surface area contributed by atoms with Crippen molar-refractivity contribution in [2.24, 2.45) is 5.92 Å². The zero-order valence-electron chi connectivity index (χ0n) is 12.4. The molecule has 0 amide bonds. The molecule has 1 fully saturated rings. The molecule has 0 bridgehead atoms. The molecule has 1 aromatic carbocycles. The van der Waals surface area contributed by atoms with Gasteiger partial charge in [-0.25, -0.2) is 4.39 Å². The lowest BCUT2D eigenvalue weighted by Crippen LogP contribution is -2.46. The average molecular weight is 324 g/mol. The summed E-state index contributed by atoms with van der Waals surface area (Å²) < 4.78 is 76.9. The molecule has 3 atom stereocenters. The first-order valence-corrected chi connectivity index (χ1v) is 6.94. The van der Waals surface area contributed by atoms with Crippen molar-refractivity contribution < 1.29 is 31.4 Å². The maximum absolute atomic E-state index is 13.9. The Labute approximate surface area is 125 Å². The van der Waals surface area contributed by atoms with Gasteiger partial charge in [-0.1, -0.05) is 13.0 Å². The maximum Gasteiger partial charge on any atom is 0.417 e. The third-order valence-corrected chi connectivity index (χ3v) is 4.37. The highest BCUT2D eigenvalue weighted by molar-refractivity contribution is 5.40. The molecule has 0 N–H and O–H groups in total. The van der Waals surface area contributed by atoms with Crippen LogP contribution in [0.5, 0.6) is 5.75 Å². The van der Waals surface area contributed by atoms with Gasteiger partial charge in [0.05, 0.1) is 13.2 Å². The molecule has 1 saturated heterocycles. The van der Waals surface area contributed by atoms with Crippen LogP contribution in [0.1, 0.15) is 32.3 Å². The quantitative estimate of drug-likeness (QED) is 0.766. The second-order valence-corrected chi connectivity index (χ2v) is 5.52. The number of benzene rings is 1. The van der Waals surface area contributed by atoms with E-state index in [1.54, 1.807) is 6.92 Å². The molecule has 0 saturated carbocycles. The van der Waals surface area contributed by atoms with E-state index in [-0.39, 0.29) is 24.5 Å². The number of alkyl halides is 3. The van der Waals surface area contributed by atoms with Gasteiger partial charge in [-0.3, -0.25) is 0 Å². The average Bonchev–Trinajstić information content (AvgIpc) is 2.73. The number of rotatable bonds is 3. The Morgan fingerprint density at radius 3 is 2.45 bits per heavy atom. The largest absolute Gasteiger partial charge is 0.490 e. The summed E-state index contributed by atoms with van der Waals surface area (Å²) in [6.45, 7) is 3.79. The van der Waals surface area contributed by atoms with Gasteiger partial charge < -0.3 is 9.47 Å². The van der Waals surface area contributed by atoms with Crippen molar-refractivity contribution >= 4 is 0 Å². The number of hydrogen-bond donors (Lipinski definition) is 0. The molecule has 124 valence electrons. The minimum absolute atomic E-state index is 0.0753. The SMILES string of the molecule is CCOc1c(C2COC(C)(C(F)(F)F)C2C)ccc(F)c1F. The van der Waals surface area contributed by atoms with Crippen LogP contribution in [-0.4, -0.2) is 25.0 Å². The number of halogens is 5. The van der Waals surface area contributed by atoms with Gasteiger partial charge >= 0.3 is 6.18 Å². The zero-order valence-corrected chi connectivity index (χ0v) is 12.4. The van der Waals surface area contributed by atoms with Crippen molar-refractivity contribution in [3.8, 4) is 5.75 Å². The second kappa shape index (κ2) is 5.68. The fourth-order valence-corrected chi connectivity index (χ4v) is 2.75.